The van der Waals surface area contributed by atoms with E-state index in [-0.39, 0.29) is 5.91 Å². The first-order chi connectivity index (χ1) is 13.4. The van der Waals surface area contributed by atoms with E-state index in [2.05, 4.69) is 21.0 Å². The predicted molar refractivity (Wildman–Crippen MR) is 117 cm³/mol. The molecule has 3 aromatic rings. The molecular weight excluding hydrogens is 463 g/mol. The number of nitrogens with zero attached hydrogens (tertiary/aromatic N) is 2. The fraction of sp³-hybridized carbons (Fsp3) is 0.0476. The molecule has 0 saturated carbocycles. The first-order valence-electron chi connectivity index (χ1n) is 8.35. The van der Waals surface area contributed by atoms with Crippen molar-refractivity contribution in [3.63, 3.8) is 0 Å². The Morgan fingerprint density at radius 2 is 1.89 bits per heavy atom. The molecule has 0 N–H and O–H groups in total. The topological polar surface area (TPSA) is 45.8 Å². The van der Waals surface area contributed by atoms with Gasteiger partial charge in [0.2, 0.25) is 0 Å². The van der Waals surface area contributed by atoms with Crippen LogP contribution in [0.2, 0.25) is 10.0 Å². The van der Waals surface area contributed by atoms with Crippen LogP contribution in [0.5, 0.6) is 0 Å². The van der Waals surface area contributed by atoms with Crippen molar-refractivity contribution in [1.29, 1.82) is 0 Å². The van der Waals surface area contributed by atoms with Crippen LogP contribution >= 0.6 is 39.1 Å². The monoisotopic (exact) mass is 474 g/mol. The Morgan fingerprint density at radius 3 is 2.64 bits per heavy atom. The quantitative estimate of drug-likeness (QED) is 0.390. The van der Waals surface area contributed by atoms with E-state index in [1.54, 1.807) is 31.2 Å². The third-order valence-electron chi connectivity index (χ3n) is 4.23. The minimum Gasteiger partial charge on any atom is -0.457 e. The average Bonchev–Trinajstić information content (AvgIpc) is 3.24. The molecular formula is C21H13BrCl2N2O2. The maximum Gasteiger partial charge on any atom is 0.280 e. The molecule has 0 radical (unpaired) electrons. The van der Waals surface area contributed by atoms with Gasteiger partial charge in [-0.1, -0.05) is 51.3 Å². The zero-order valence-corrected chi connectivity index (χ0v) is 17.7. The van der Waals surface area contributed by atoms with Gasteiger partial charge in [0.15, 0.2) is 0 Å². The maximum absolute atomic E-state index is 12.9. The van der Waals surface area contributed by atoms with E-state index < -0.39 is 0 Å². The van der Waals surface area contributed by atoms with E-state index in [0.29, 0.717) is 32.8 Å². The number of carbonyl (C=O) groups excluding carboxylic acids is 1. The molecule has 0 saturated heterocycles. The lowest BCUT2D eigenvalue weighted by atomic mass is 10.1. The summed E-state index contributed by atoms with van der Waals surface area (Å²) in [6.45, 7) is 1.78. The molecule has 0 bridgehead atoms. The standard InChI is InChI=1S/C21H13BrCl2N2O2/c1-12-17(21(27)26(25-12)15-5-7-18(23)19(24)10-15)11-16-6-8-20(28-16)13-3-2-4-14(22)9-13/h2-11H,1H3/b17-11+. The molecule has 2 aromatic carbocycles. The molecule has 0 fully saturated rings. The zero-order valence-electron chi connectivity index (χ0n) is 14.6. The summed E-state index contributed by atoms with van der Waals surface area (Å²) in [6.07, 6.45) is 1.69. The van der Waals surface area contributed by atoms with E-state index in [0.717, 1.165) is 15.8 Å². The molecule has 0 unspecified atom stereocenters. The predicted octanol–water partition coefficient (Wildman–Crippen LogP) is 6.82. The largest absolute Gasteiger partial charge is 0.457 e. The van der Waals surface area contributed by atoms with E-state index in [4.69, 9.17) is 27.6 Å². The zero-order chi connectivity index (χ0) is 19.8. The second kappa shape index (κ2) is 7.59. The number of halogens is 3. The Kier molecular flexibility index (Phi) is 5.15. The first-order valence-corrected chi connectivity index (χ1v) is 9.90. The number of carbonyl (C=O) groups is 1. The molecule has 28 heavy (non-hydrogen) atoms. The van der Waals surface area contributed by atoms with Gasteiger partial charge in [0.25, 0.3) is 5.91 Å². The minimum absolute atomic E-state index is 0.253. The summed E-state index contributed by atoms with van der Waals surface area (Å²) in [4.78, 5) is 12.9. The molecule has 4 rings (SSSR count). The van der Waals surface area contributed by atoms with Crippen LogP contribution in [-0.4, -0.2) is 11.6 Å². The lowest BCUT2D eigenvalue weighted by Crippen LogP contribution is -2.21. The van der Waals surface area contributed by atoms with Crippen molar-refractivity contribution in [2.45, 2.75) is 6.92 Å². The highest BCUT2D eigenvalue weighted by atomic mass is 79.9. The number of furan rings is 1. The SMILES string of the molecule is CC1=NN(c2ccc(Cl)c(Cl)c2)C(=O)/C1=C/c1ccc(-c2cccc(Br)c2)o1. The van der Waals surface area contributed by atoms with Gasteiger partial charge >= 0.3 is 0 Å². The van der Waals surface area contributed by atoms with Gasteiger partial charge in [-0.2, -0.15) is 10.1 Å². The Bertz CT molecular complexity index is 1150. The molecule has 1 aliphatic heterocycles. The Labute approximate surface area is 180 Å². The highest BCUT2D eigenvalue weighted by Crippen LogP contribution is 2.31. The molecule has 1 aliphatic rings. The van der Waals surface area contributed by atoms with Crippen LogP contribution in [0, 0.1) is 0 Å². The summed E-state index contributed by atoms with van der Waals surface area (Å²) in [6, 6.07) is 16.5. The fourth-order valence-corrected chi connectivity index (χ4v) is 3.54. The summed E-state index contributed by atoms with van der Waals surface area (Å²) in [5.74, 6) is 1.04. The third kappa shape index (κ3) is 3.65. The fourth-order valence-electron chi connectivity index (χ4n) is 2.85. The van der Waals surface area contributed by atoms with Gasteiger partial charge in [0.1, 0.15) is 11.5 Å². The minimum atomic E-state index is -0.253. The van der Waals surface area contributed by atoms with Crippen LogP contribution in [0.25, 0.3) is 17.4 Å². The summed E-state index contributed by atoms with van der Waals surface area (Å²) >= 11 is 15.5. The highest BCUT2D eigenvalue weighted by Gasteiger charge is 2.29. The molecule has 0 spiro atoms. The Balaban J connectivity index is 1.63. The number of benzene rings is 2. The number of hydrogen-bond donors (Lipinski definition) is 0. The maximum atomic E-state index is 12.9. The average molecular weight is 476 g/mol. The second-order valence-electron chi connectivity index (χ2n) is 6.17. The van der Waals surface area contributed by atoms with Gasteiger partial charge in [-0.25, -0.2) is 0 Å². The van der Waals surface area contributed by atoms with Crippen LogP contribution in [0.1, 0.15) is 12.7 Å². The number of amides is 1. The molecule has 0 aliphatic carbocycles. The van der Waals surface area contributed by atoms with Crippen LogP contribution in [0.4, 0.5) is 5.69 Å². The molecule has 7 heteroatoms. The van der Waals surface area contributed by atoms with Gasteiger partial charge in [-0.05, 0) is 55.5 Å². The Hall–Kier alpha value is -2.34. The summed E-state index contributed by atoms with van der Waals surface area (Å²) < 4.78 is 6.86. The van der Waals surface area contributed by atoms with Gasteiger partial charge in [0, 0.05) is 10.0 Å². The van der Waals surface area contributed by atoms with E-state index in [1.807, 2.05) is 36.4 Å². The molecule has 1 amide bonds. The van der Waals surface area contributed by atoms with Crippen LogP contribution in [-0.2, 0) is 4.79 Å². The summed E-state index contributed by atoms with van der Waals surface area (Å²) in [7, 11) is 0. The first kappa shape index (κ1) is 19.0. The number of rotatable bonds is 3. The number of anilines is 1. The van der Waals surface area contributed by atoms with Crippen molar-refractivity contribution in [3.05, 3.63) is 80.4 Å². The van der Waals surface area contributed by atoms with Gasteiger partial charge in [-0.3, -0.25) is 4.79 Å². The Morgan fingerprint density at radius 1 is 1.07 bits per heavy atom. The van der Waals surface area contributed by atoms with Crippen molar-refractivity contribution < 1.29 is 9.21 Å². The molecule has 0 atom stereocenters. The highest BCUT2D eigenvalue weighted by molar-refractivity contribution is 9.10. The van der Waals surface area contributed by atoms with E-state index in [9.17, 15) is 4.79 Å². The number of hydrazone groups is 1. The van der Waals surface area contributed by atoms with Gasteiger partial charge < -0.3 is 4.42 Å². The third-order valence-corrected chi connectivity index (χ3v) is 5.47. The van der Waals surface area contributed by atoms with Crippen LogP contribution in [0.3, 0.4) is 0 Å². The second-order valence-corrected chi connectivity index (χ2v) is 7.90. The van der Waals surface area contributed by atoms with E-state index in [1.165, 1.54) is 5.01 Å². The van der Waals surface area contributed by atoms with Crippen molar-refractivity contribution in [2.24, 2.45) is 5.10 Å². The van der Waals surface area contributed by atoms with Gasteiger partial charge in [0.05, 0.1) is 27.0 Å². The normalized spacial score (nSPS) is 15.4. The smallest absolute Gasteiger partial charge is 0.280 e. The lowest BCUT2D eigenvalue weighted by molar-refractivity contribution is -0.114. The molecule has 1 aromatic heterocycles. The number of hydrogen-bond acceptors (Lipinski definition) is 3. The van der Waals surface area contributed by atoms with E-state index >= 15 is 0 Å². The van der Waals surface area contributed by atoms with Gasteiger partial charge in [-0.15, -0.1) is 0 Å². The van der Waals surface area contributed by atoms with Crippen molar-refractivity contribution in [1.82, 2.24) is 0 Å². The van der Waals surface area contributed by atoms with Crippen LogP contribution in [0.15, 0.2) is 74.2 Å². The summed E-state index contributed by atoms with van der Waals surface area (Å²) in [5, 5.41) is 6.44. The summed E-state index contributed by atoms with van der Waals surface area (Å²) in [5.41, 5.74) is 2.55. The molecule has 140 valence electrons. The van der Waals surface area contributed by atoms with Crippen molar-refractivity contribution in [2.75, 3.05) is 5.01 Å². The van der Waals surface area contributed by atoms with Crippen molar-refractivity contribution >= 4 is 62.5 Å². The van der Waals surface area contributed by atoms with Crippen molar-refractivity contribution in [3.8, 4) is 11.3 Å². The molecule has 2 heterocycles. The van der Waals surface area contributed by atoms with Crippen LogP contribution < -0.4 is 5.01 Å². The molecule has 4 nitrogen and oxygen atoms in total. The lowest BCUT2D eigenvalue weighted by Gasteiger charge is -2.12.